The molecule has 0 atom stereocenters. The van der Waals surface area contributed by atoms with Gasteiger partial charge in [0.2, 0.25) is 0 Å². The van der Waals surface area contributed by atoms with Crippen LogP contribution in [0.4, 0.5) is 5.69 Å². The molecule has 1 aromatic heterocycles. The van der Waals surface area contributed by atoms with Crippen LogP contribution in [0.5, 0.6) is 5.75 Å². The molecular weight excluding hydrogens is 416 g/mol. The summed E-state index contributed by atoms with van der Waals surface area (Å²) in [6.07, 6.45) is 0. The van der Waals surface area contributed by atoms with Crippen molar-refractivity contribution in [2.45, 2.75) is 6.61 Å². The molecule has 0 radical (unpaired) electrons. The van der Waals surface area contributed by atoms with E-state index in [0.29, 0.717) is 17.4 Å². The van der Waals surface area contributed by atoms with E-state index in [1.807, 2.05) is 17.5 Å². The Balaban J connectivity index is 0.00000280. The second-order valence-corrected chi connectivity index (χ2v) is 7.32. The number of aromatic carboxylic acids is 1. The van der Waals surface area contributed by atoms with E-state index < -0.39 is 11.9 Å². The predicted molar refractivity (Wildman–Crippen MR) is 104 cm³/mol. The molecule has 1 amide bonds. The van der Waals surface area contributed by atoms with Crippen molar-refractivity contribution in [1.29, 1.82) is 0 Å². The van der Waals surface area contributed by atoms with Gasteiger partial charge in [0, 0.05) is 15.5 Å². The van der Waals surface area contributed by atoms with Crippen molar-refractivity contribution in [3.05, 3.63) is 80.0 Å². The number of anilines is 1. The van der Waals surface area contributed by atoms with Crippen molar-refractivity contribution in [3.63, 3.8) is 0 Å². The molecule has 138 valence electrons. The molecule has 0 unspecified atom stereocenters. The SMILES string of the molecule is O=C(Nc1ccc(OCc2cccs2)cc1C(=O)[O-])c1ccc(Cl)cc1Cl.[Li+]. The van der Waals surface area contributed by atoms with Gasteiger partial charge in [-0.25, -0.2) is 0 Å². The number of hydrogen-bond acceptors (Lipinski definition) is 5. The molecule has 0 bridgehead atoms. The summed E-state index contributed by atoms with van der Waals surface area (Å²) in [5.41, 5.74) is 0.0509. The number of carbonyl (C=O) groups excluding carboxylic acids is 2. The third kappa shape index (κ3) is 5.54. The van der Waals surface area contributed by atoms with Crippen LogP contribution < -0.4 is 34.0 Å². The summed E-state index contributed by atoms with van der Waals surface area (Å²) in [6.45, 7) is 0.316. The number of rotatable bonds is 6. The van der Waals surface area contributed by atoms with Gasteiger partial charge in [-0.05, 0) is 47.8 Å². The van der Waals surface area contributed by atoms with E-state index in [4.69, 9.17) is 27.9 Å². The molecule has 1 heterocycles. The fourth-order valence-electron chi connectivity index (χ4n) is 2.30. The second-order valence-electron chi connectivity index (χ2n) is 5.44. The van der Waals surface area contributed by atoms with Gasteiger partial charge >= 0.3 is 18.9 Å². The van der Waals surface area contributed by atoms with Crippen LogP contribution in [0.15, 0.2) is 53.9 Å². The topological polar surface area (TPSA) is 78.5 Å². The molecule has 9 heteroatoms. The number of amides is 1. The maximum Gasteiger partial charge on any atom is 1.00 e. The van der Waals surface area contributed by atoms with Gasteiger partial charge in [-0.2, -0.15) is 0 Å². The molecule has 0 aliphatic heterocycles. The van der Waals surface area contributed by atoms with Gasteiger partial charge in [-0.3, -0.25) is 4.79 Å². The van der Waals surface area contributed by atoms with Gasteiger partial charge in [0.25, 0.3) is 5.91 Å². The Morgan fingerprint density at radius 3 is 2.50 bits per heavy atom. The summed E-state index contributed by atoms with van der Waals surface area (Å²) < 4.78 is 5.59. The molecule has 3 rings (SSSR count). The van der Waals surface area contributed by atoms with E-state index >= 15 is 0 Å². The Morgan fingerprint density at radius 2 is 1.86 bits per heavy atom. The van der Waals surface area contributed by atoms with Crippen molar-refractivity contribution >= 4 is 52.1 Å². The molecule has 0 spiro atoms. The number of benzene rings is 2. The van der Waals surface area contributed by atoms with Gasteiger partial charge in [-0.1, -0.05) is 29.3 Å². The minimum atomic E-state index is -1.44. The molecule has 0 fully saturated rings. The summed E-state index contributed by atoms with van der Waals surface area (Å²) >= 11 is 13.4. The fraction of sp³-hybridized carbons (Fsp3) is 0.0526. The summed E-state index contributed by atoms with van der Waals surface area (Å²) in [6, 6.07) is 12.5. The number of nitrogens with one attached hydrogen (secondary N) is 1. The zero-order valence-electron chi connectivity index (χ0n) is 14.7. The van der Waals surface area contributed by atoms with Crippen LogP contribution in [0.25, 0.3) is 0 Å². The van der Waals surface area contributed by atoms with Crippen LogP contribution in [0.3, 0.4) is 0 Å². The molecule has 0 aliphatic rings. The first-order chi connectivity index (χ1) is 12.9. The molecule has 3 aromatic rings. The number of carbonyl (C=O) groups is 2. The average molecular weight is 428 g/mol. The maximum atomic E-state index is 12.4. The van der Waals surface area contributed by atoms with Crippen molar-refractivity contribution in [3.8, 4) is 5.75 Å². The van der Waals surface area contributed by atoms with E-state index in [0.717, 1.165) is 4.88 Å². The Hall–Kier alpha value is -1.94. The van der Waals surface area contributed by atoms with Crippen LogP contribution in [0.2, 0.25) is 10.0 Å². The number of halogens is 2. The standard InChI is InChI=1S/C19H13Cl2NO4S.Li/c20-11-3-5-14(16(21)8-11)18(23)22-17-6-4-12(9-15(17)19(24)25)26-10-13-2-1-7-27-13;/h1-9H,10H2,(H,22,23)(H,24,25);/q;+1/p-1. The monoisotopic (exact) mass is 427 g/mol. The Bertz CT molecular complexity index is 996. The van der Waals surface area contributed by atoms with E-state index in [-0.39, 0.29) is 40.7 Å². The number of thiophene rings is 1. The Kier molecular flexibility index (Phi) is 7.99. The quantitative estimate of drug-likeness (QED) is 0.600. The van der Waals surface area contributed by atoms with Gasteiger partial charge in [0.05, 0.1) is 22.2 Å². The van der Waals surface area contributed by atoms with E-state index in [1.165, 1.54) is 41.7 Å². The second kappa shape index (κ2) is 10.0. The van der Waals surface area contributed by atoms with Crippen LogP contribution in [0, 0.1) is 0 Å². The fourth-order valence-corrected chi connectivity index (χ4v) is 3.41. The zero-order chi connectivity index (χ0) is 19.4. The normalized spacial score (nSPS) is 10.1. The Labute approximate surface area is 187 Å². The van der Waals surface area contributed by atoms with Crippen molar-refractivity contribution in [2.24, 2.45) is 0 Å². The van der Waals surface area contributed by atoms with Crippen molar-refractivity contribution < 1.29 is 38.3 Å². The number of carboxylic acids is 1. The van der Waals surface area contributed by atoms with E-state index in [2.05, 4.69) is 5.32 Å². The van der Waals surface area contributed by atoms with Crippen LogP contribution in [-0.4, -0.2) is 11.9 Å². The summed E-state index contributed by atoms with van der Waals surface area (Å²) in [5.74, 6) is -1.65. The van der Waals surface area contributed by atoms with E-state index in [1.54, 1.807) is 6.07 Å². The molecule has 2 aromatic carbocycles. The largest absolute Gasteiger partial charge is 1.00 e. The molecule has 1 N–H and O–H groups in total. The predicted octanol–water partition coefficient (Wildman–Crippen LogP) is 1.25. The minimum absolute atomic E-state index is 0. The van der Waals surface area contributed by atoms with E-state index in [9.17, 15) is 14.7 Å². The average Bonchev–Trinajstić information content (AvgIpc) is 3.14. The molecular formula is C19H12Cl2LiNO4S. The summed E-state index contributed by atoms with van der Waals surface area (Å²) in [7, 11) is 0. The summed E-state index contributed by atoms with van der Waals surface area (Å²) in [4.78, 5) is 24.9. The van der Waals surface area contributed by atoms with Crippen molar-refractivity contribution in [1.82, 2.24) is 0 Å². The van der Waals surface area contributed by atoms with Gasteiger partial charge in [0.1, 0.15) is 12.4 Å². The Morgan fingerprint density at radius 1 is 1.07 bits per heavy atom. The smallest absolute Gasteiger partial charge is 0.545 e. The minimum Gasteiger partial charge on any atom is -0.545 e. The van der Waals surface area contributed by atoms with Crippen molar-refractivity contribution in [2.75, 3.05) is 5.32 Å². The molecule has 0 saturated carbocycles. The van der Waals surface area contributed by atoms with Gasteiger partial charge in [-0.15, -0.1) is 11.3 Å². The molecule has 0 aliphatic carbocycles. The number of ether oxygens (including phenoxy) is 1. The molecule has 28 heavy (non-hydrogen) atoms. The number of carboxylic acid groups (broad SMARTS) is 1. The van der Waals surface area contributed by atoms with Crippen LogP contribution in [0.1, 0.15) is 25.6 Å². The first-order valence-corrected chi connectivity index (χ1v) is 9.34. The first kappa shape index (κ1) is 22.3. The molecule has 5 nitrogen and oxygen atoms in total. The van der Waals surface area contributed by atoms with Crippen LogP contribution >= 0.6 is 34.5 Å². The first-order valence-electron chi connectivity index (χ1n) is 7.71. The maximum absolute atomic E-state index is 12.4. The van der Waals surface area contributed by atoms with Crippen LogP contribution in [-0.2, 0) is 6.61 Å². The third-order valence-corrected chi connectivity index (χ3v) is 4.99. The van der Waals surface area contributed by atoms with Gasteiger partial charge in [0.15, 0.2) is 0 Å². The molecule has 0 saturated heterocycles. The zero-order valence-corrected chi connectivity index (χ0v) is 17.0. The van der Waals surface area contributed by atoms with Gasteiger partial charge < -0.3 is 20.0 Å². The summed E-state index contributed by atoms with van der Waals surface area (Å²) in [5, 5.41) is 16.5. The third-order valence-electron chi connectivity index (χ3n) is 3.60. The number of hydrogen-bond donors (Lipinski definition) is 1.